The van der Waals surface area contributed by atoms with Crippen molar-refractivity contribution in [2.45, 2.75) is 31.5 Å². The van der Waals surface area contributed by atoms with Gasteiger partial charge in [-0.1, -0.05) is 17.3 Å². The molecule has 1 aromatic heterocycles. The molecule has 6 nitrogen and oxygen atoms in total. The molecule has 1 amide bonds. The SMILES string of the molecule is O=C(c1ccccc1C(F)(F)F)N1CCCCC1c1nn[nH]n1. The van der Waals surface area contributed by atoms with Crippen LogP contribution in [0.5, 0.6) is 0 Å². The standard InChI is InChI=1S/C14H14F3N5O/c15-14(16,17)10-6-2-1-5-9(10)13(23)22-8-4-3-7-11(22)12-18-20-21-19-12/h1-2,5-6,11H,3-4,7-8H2,(H,18,19,20,21). The average molecular weight is 325 g/mol. The Kier molecular flexibility index (Phi) is 4.01. The first-order valence-corrected chi connectivity index (χ1v) is 7.19. The molecule has 0 radical (unpaired) electrons. The molecule has 122 valence electrons. The Morgan fingerprint density at radius 2 is 2.04 bits per heavy atom. The molecule has 9 heteroatoms. The van der Waals surface area contributed by atoms with Crippen LogP contribution in [0.2, 0.25) is 0 Å². The second-order valence-corrected chi connectivity index (χ2v) is 5.32. The third-order valence-electron chi connectivity index (χ3n) is 3.89. The summed E-state index contributed by atoms with van der Waals surface area (Å²) in [5.74, 6) is -0.338. The molecule has 1 fully saturated rings. The molecule has 23 heavy (non-hydrogen) atoms. The third-order valence-corrected chi connectivity index (χ3v) is 3.89. The molecule has 1 unspecified atom stereocenters. The maximum absolute atomic E-state index is 13.1. The zero-order valence-corrected chi connectivity index (χ0v) is 12.0. The predicted molar refractivity (Wildman–Crippen MR) is 73.3 cm³/mol. The Morgan fingerprint density at radius 1 is 1.26 bits per heavy atom. The molecule has 2 heterocycles. The molecule has 1 N–H and O–H groups in total. The number of H-pyrrole nitrogens is 1. The van der Waals surface area contributed by atoms with Gasteiger partial charge in [-0.15, -0.1) is 10.2 Å². The number of hydrogen-bond acceptors (Lipinski definition) is 4. The molecule has 1 aliphatic heterocycles. The van der Waals surface area contributed by atoms with Gasteiger partial charge >= 0.3 is 6.18 Å². The van der Waals surface area contributed by atoms with Gasteiger partial charge in [0.1, 0.15) is 0 Å². The van der Waals surface area contributed by atoms with Crippen molar-refractivity contribution in [1.82, 2.24) is 25.5 Å². The number of rotatable bonds is 2. The molecule has 1 atom stereocenters. The molecule has 1 aliphatic rings. The Labute approximate surface area is 129 Å². The lowest BCUT2D eigenvalue weighted by Crippen LogP contribution is -2.39. The van der Waals surface area contributed by atoms with Crippen molar-refractivity contribution in [3.8, 4) is 0 Å². The lowest BCUT2D eigenvalue weighted by Gasteiger charge is -2.34. The molecule has 0 saturated carbocycles. The quantitative estimate of drug-likeness (QED) is 0.921. The van der Waals surface area contributed by atoms with E-state index in [-0.39, 0.29) is 5.56 Å². The van der Waals surface area contributed by atoms with Gasteiger partial charge in [0.15, 0.2) is 5.82 Å². The molecule has 0 aliphatic carbocycles. The summed E-state index contributed by atoms with van der Waals surface area (Å²) >= 11 is 0. The van der Waals surface area contributed by atoms with E-state index >= 15 is 0 Å². The van der Waals surface area contributed by atoms with Crippen LogP contribution in [0.1, 0.15) is 47.1 Å². The number of nitrogens with one attached hydrogen (secondary N) is 1. The van der Waals surface area contributed by atoms with Crippen molar-refractivity contribution in [2.75, 3.05) is 6.54 Å². The van der Waals surface area contributed by atoms with Crippen molar-refractivity contribution >= 4 is 5.91 Å². The zero-order valence-electron chi connectivity index (χ0n) is 12.0. The van der Waals surface area contributed by atoms with Gasteiger partial charge in [-0.05, 0) is 31.4 Å². The first-order valence-electron chi connectivity index (χ1n) is 7.19. The monoisotopic (exact) mass is 325 g/mol. The number of piperidine rings is 1. The van der Waals surface area contributed by atoms with Crippen LogP contribution in [0, 0.1) is 0 Å². The summed E-state index contributed by atoms with van der Waals surface area (Å²) in [6.45, 7) is 0.365. The van der Waals surface area contributed by atoms with Gasteiger partial charge in [-0.3, -0.25) is 4.79 Å². The smallest absolute Gasteiger partial charge is 0.328 e. The minimum Gasteiger partial charge on any atom is -0.328 e. The van der Waals surface area contributed by atoms with Crippen molar-refractivity contribution in [3.05, 3.63) is 41.2 Å². The summed E-state index contributed by atoms with van der Waals surface area (Å²) in [6, 6.07) is 4.35. The summed E-state index contributed by atoms with van der Waals surface area (Å²) in [5, 5.41) is 13.5. The van der Waals surface area contributed by atoms with E-state index < -0.39 is 23.7 Å². The van der Waals surface area contributed by atoms with Gasteiger partial charge in [0.2, 0.25) is 0 Å². The lowest BCUT2D eigenvalue weighted by atomic mass is 9.98. The fraction of sp³-hybridized carbons (Fsp3) is 0.429. The summed E-state index contributed by atoms with van der Waals surface area (Å²) in [5.41, 5.74) is -1.28. The Bertz CT molecular complexity index is 686. The van der Waals surface area contributed by atoms with Crippen molar-refractivity contribution in [1.29, 1.82) is 0 Å². The summed E-state index contributed by atoms with van der Waals surface area (Å²) < 4.78 is 39.4. The number of benzene rings is 1. The fourth-order valence-electron chi connectivity index (χ4n) is 2.83. The number of likely N-dealkylation sites (tertiary alicyclic amines) is 1. The molecule has 1 saturated heterocycles. The number of tetrazole rings is 1. The first kappa shape index (κ1) is 15.4. The highest BCUT2D eigenvalue weighted by molar-refractivity contribution is 5.96. The van der Waals surface area contributed by atoms with Gasteiger partial charge in [-0.2, -0.15) is 18.4 Å². The molecular weight excluding hydrogens is 311 g/mol. The van der Waals surface area contributed by atoms with E-state index in [9.17, 15) is 18.0 Å². The molecule has 3 rings (SSSR count). The summed E-state index contributed by atoms with van der Waals surface area (Å²) in [4.78, 5) is 14.1. The molecule has 1 aromatic carbocycles. The van der Waals surface area contributed by atoms with Crippen molar-refractivity contribution < 1.29 is 18.0 Å². The number of nitrogens with zero attached hydrogens (tertiary/aromatic N) is 4. The van der Waals surface area contributed by atoms with Crippen LogP contribution in [-0.2, 0) is 6.18 Å². The first-order chi connectivity index (χ1) is 11.0. The van der Waals surface area contributed by atoms with E-state index in [0.717, 1.165) is 18.9 Å². The van der Waals surface area contributed by atoms with E-state index in [4.69, 9.17) is 0 Å². The zero-order chi connectivity index (χ0) is 16.4. The normalized spacial score (nSPS) is 18.9. The number of hydrogen-bond donors (Lipinski definition) is 1. The van der Waals surface area contributed by atoms with Gasteiger partial charge in [-0.25, -0.2) is 0 Å². The van der Waals surface area contributed by atoms with Crippen LogP contribution >= 0.6 is 0 Å². The lowest BCUT2D eigenvalue weighted by molar-refractivity contribution is -0.138. The highest BCUT2D eigenvalue weighted by Gasteiger charge is 2.38. The van der Waals surface area contributed by atoms with Gasteiger partial charge in [0.05, 0.1) is 17.2 Å². The van der Waals surface area contributed by atoms with Gasteiger partial charge in [0.25, 0.3) is 5.91 Å². The third kappa shape index (κ3) is 3.03. The van der Waals surface area contributed by atoms with E-state index in [1.54, 1.807) is 0 Å². The maximum atomic E-state index is 13.1. The molecule has 2 aromatic rings. The average Bonchev–Trinajstić information content (AvgIpc) is 3.08. The highest BCUT2D eigenvalue weighted by Crippen LogP contribution is 2.35. The number of halogens is 3. The number of aromatic amines is 1. The largest absolute Gasteiger partial charge is 0.417 e. The number of aromatic nitrogens is 4. The van der Waals surface area contributed by atoms with E-state index in [0.29, 0.717) is 18.8 Å². The van der Waals surface area contributed by atoms with E-state index in [1.165, 1.54) is 23.1 Å². The van der Waals surface area contributed by atoms with Crippen LogP contribution in [0.25, 0.3) is 0 Å². The Hall–Kier alpha value is -2.45. The van der Waals surface area contributed by atoms with Crippen molar-refractivity contribution in [3.63, 3.8) is 0 Å². The number of alkyl halides is 3. The Morgan fingerprint density at radius 3 is 2.74 bits per heavy atom. The van der Waals surface area contributed by atoms with E-state index in [1.807, 2.05) is 0 Å². The second kappa shape index (κ2) is 5.98. The molecular formula is C14H14F3N5O. The fourth-order valence-corrected chi connectivity index (χ4v) is 2.83. The molecule has 0 bridgehead atoms. The minimum absolute atomic E-state index is 0.322. The summed E-state index contributed by atoms with van der Waals surface area (Å²) in [7, 11) is 0. The van der Waals surface area contributed by atoms with Crippen LogP contribution in [0.4, 0.5) is 13.2 Å². The van der Waals surface area contributed by atoms with Crippen LogP contribution < -0.4 is 0 Å². The maximum Gasteiger partial charge on any atom is 0.417 e. The van der Waals surface area contributed by atoms with Crippen LogP contribution in [-0.4, -0.2) is 38.0 Å². The predicted octanol–water partition coefficient (Wildman–Crippen LogP) is 2.59. The van der Waals surface area contributed by atoms with Gasteiger partial charge in [0, 0.05) is 6.54 Å². The number of carbonyl (C=O) groups is 1. The topological polar surface area (TPSA) is 74.8 Å². The minimum atomic E-state index is -4.58. The number of carbonyl (C=O) groups excluding carboxylic acids is 1. The summed E-state index contributed by atoms with van der Waals surface area (Å²) in [6.07, 6.45) is -2.40. The number of amides is 1. The highest BCUT2D eigenvalue weighted by atomic mass is 19.4. The van der Waals surface area contributed by atoms with Gasteiger partial charge < -0.3 is 4.90 Å². The van der Waals surface area contributed by atoms with Crippen molar-refractivity contribution in [2.24, 2.45) is 0 Å². The van der Waals surface area contributed by atoms with E-state index in [2.05, 4.69) is 20.6 Å². The van der Waals surface area contributed by atoms with Crippen LogP contribution in [0.3, 0.4) is 0 Å². The van der Waals surface area contributed by atoms with Crippen LogP contribution in [0.15, 0.2) is 24.3 Å². The Balaban J connectivity index is 1.96. The molecule has 0 spiro atoms. The second-order valence-electron chi connectivity index (χ2n) is 5.32.